The van der Waals surface area contributed by atoms with Crippen LogP contribution in [0.15, 0.2) is 48.7 Å². The number of nitrogens with zero attached hydrogens (tertiary/aromatic N) is 3. The Labute approximate surface area is 180 Å². The predicted octanol–water partition coefficient (Wildman–Crippen LogP) is 4.71. The zero-order chi connectivity index (χ0) is 21.5. The summed E-state index contributed by atoms with van der Waals surface area (Å²) in [6.45, 7) is 5.46. The molecule has 154 valence electrons. The molecular weight excluding hydrogens is 388 g/mol. The van der Waals surface area contributed by atoms with Gasteiger partial charge in [-0.25, -0.2) is 0 Å². The molecule has 6 heteroatoms. The van der Waals surface area contributed by atoms with Gasteiger partial charge in [0.25, 0.3) is 0 Å². The maximum Gasteiger partial charge on any atom is 0.127 e. The molecule has 0 spiro atoms. The van der Waals surface area contributed by atoms with Crippen LogP contribution in [-0.4, -0.2) is 9.55 Å². The zero-order valence-electron chi connectivity index (χ0n) is 17.5. The number of pyridine rings is 1. The van der Waals surface area contributed by atoms with Gasteiger partial charge < -0.3 is 15.2 Å². The van der Waals surface area contributed by atoms with Gasteiger partial charge in [0, 0.05) is 22.7 Å². The van der Waals surface area contributed by atoms with Crippen LogP contribution in [0.4, 0.5) is 5.82 Å². The van der Waals surface area contributed by atoms with Crippen LogP contribution < -0.4 is 10.5 Å². The van der Waals surface area contributed by atoms with E-state index in [1.165, 1.54) is 0 Å². The predicted molar refractivity (Wildman–Crippen MR) is 119 cm³/mol. The van der Waals surface area contributed by atoms with Crippen LogP contribution in [0.2, 0.25) is 0 Å². The van der Waals surface area contributed by atoms with Crippen LogP contribution in [0.25, 0.3) is 16.6 Å². The van der Waals surface area contributed by atoms with E-state index >= 15 is 0 Å². The van der Waals surface area contributed by atoms with E-state index in [2.05, 4.69) is 11.1 Å². The molecule has 0 saturated heterocycles. The molecule has 1 aliphatic heterocycles. The number of nitrogen functional groups attached to an aromatic ring is 1. The number of aromatic nitrogens is 2. The van der Waals surface area contributed by atoms with E-state index < -0.39 is 0 Å². The molecule has 1 aliphatic rings. The number of anilines is 1. The highest BCUT2D eigenvalue weighted by atomic mass is 16.5. The number of ether oxygens (including phenoxy) is 2. The Kier molecular flexibility index (Phi) is 4.61. The summed E-state index contributed by atoms with van der Waals surface area (Å²) in [5.41, 5.74) is 13.8. The Hall–Kier alpha value is -3.82. The van der Waals surface area contributed by atoms with E-state index in [-0.39, 0.29) is 0 Å². The summed E-state index contributed by atoms with van der Waals surface area (Å²) in [6.07, 6.45) is 1.73. The molecule has 0 unspecified atom stereocenters. The summed E-state index contributed by atoms with van der Waals surface area (Å²) in [5.74, 6) is 1.19. The number of hydrogen-bond acceptors (Lipinski definition) is 5. The van der Waals surface area contributed by atoms with Gasteiger partial charge in [0.1, 0.15) is 29.8 Å². The Morgan fingerprint density at radius 2 is 1.97 bits per heavy atom. The van der Waals surface area contributed by atoms with Crippen molar-refractivity contribution in [1.82, 2.24) is 9.55 Å². The van der Waals surface area contributed by atoms with Crippen LogP contribution in [0, 0.1) is 25.2 Å². The Morgan fingerprint density at radius 3 is 2.74 bits per heavy atom. The first-order valence-electron chi connectivity index (χ1n) is 10.2. The molecule has 2 aromatic heterocycles. The first kappa shape index (κ1) is 19.2. The summed E-state index contributed by atoms with van der Waals surface area (Å²) < 4.78 is 13.8. The molecule has 6 nitrogen and oxygen atoms in total. The van der Waals surface area contributed by atoms with Crippen molar-refractivity contribution in [3.63, 3.8) is 0 Å². The van der Waals surface area contributed by atoms with E-state index in [1.807, 2.05) is 60.9 Å². The summed E-state index contributed by atoms with van der Waals surface area (Å²) in [6, 6.07) is 16.3. The number of nitrogens with two attached hydrogens (primary N) is 1. The van der Waals surface area contributed by atoms with Crippen molar-refractivity contribution >= 4 is 16.7 Å². The largest absolute Gasteiger partial charge is 0.489 e. The van der Waals surface area contributed by atoms with E-state index in [0.717, 1.165) is 50.3 Å². The second kappa shape index (κ2) is 7.46. The highest BCUT2D eigenvalue weighted by Gasteiger charge is 2.26. The fraction of sp³-hybridized carbons (Fsp3) is 0.200. The van der Waals surface area contributed by atoms with Crippen LogP contribution >= 0.6 is 0 Å². The van der Waals surface area contributed by atoms with Crippen molar-refractivity contribution in [1.29, 1.82) is 5.26 Å². The lowest BCUT2D eigenvalue weighted by Crippen LogP contribution is -2.08. The fourth-order valence-electron chi connectivity index (χ4n) is 4.32. The topological polar surface area (TPSA) is 86.1 Å². The number of benzene rings is 2. The quantitative estimate of drug-likeness (QED) is 0.527. The first-order valence-corrected chi connectivity index (χ1v) is 10.2. The number of aryl methyl sites for hydroxylation is 1. The number of hydrogen-bond donors (Lipinski definition) is 1. The van der Waals surface area contributed by atoms with E-state index in [4.69, 9.17) is 15.2 Å². The lowest BCUT2D eigenvalue weighted by molar-refractivity contribution is 0.133. The minimum absolute atomic E-state index is 0.408. The average molecular weight is 410 g/mol. The van der Waals surface area contributed by atoms with Crippen molar-refractivity contribution < 1.29 is 9.47 Å². The molecule has 0 amide bonds. The van der Waals surface area contributed by atoms with E-state index in [0.29, 0.717) is 31.2 Å². The molecule has 4 aromatic rings. The Morgan fingerprint density at radius 1 is 1.16 bits per heavy atom. The summed E-state index contributed by atoms with van der Waals surface area (Å²) in [4.78, 5) is 4.50. The normalized spacial score (nSPS) is 12.7. The molecule has 0 aliphatic carbocycles. The molecule has 0 saturated carbocycles. The molecule has 3 heterocycles. The van der Waals surface area contributed by atoms with Crippen molar-refractivity contribution in [2.45, 2.75) is 33.7 Å². The lowest BCUT2D eigenvalue weighted by Gasteiger charge is -2.19. The molecule has 2 aromatic carbocycles. The number of nitriles is 1. The van der Waals surface area contributed by atoms with Gasteiger partial charge in [-0.15, -0.1) is 0 Å². The maximum absolute atomic E-state index is 9.80. The average Bonchev–Trinajstić information content (AvgIpc) is 3.36. The van der Waals surface area contributed by atoms with Crippen LogP contribution in [0.1, 0.15) is 33.5 Å². The van der Waals surface area contributed by atoms with E-state index in [1.54, 1.807) is 6.20 Å². The third-order valence-corrected chi connectivity index (χ3v) is 5.87. The van der Waals surface area contributed by atoms with Gasteiger partial charge in [-0.3, -0.25) is 9.55 Å². The standard InChI is InChI=1S/C25H22N4O2/c1-15-8-9-22(31-12-17-6-4-3-5-7-17)16(2)23(15)29-24-19(18(10-26)25(29)27)11-28-21-14-30-13-20(21)24/h3-9,11H,12-14,27H2,1-2H3. The first-order chi connectivity index (χ1) is 15.1. The van der Waals surface area contributed by atoms with Crippen LogP contribution in [0.5, 0.6) is 5.75 Å². The highest BCUT2D eigenvalue weighted by Crippen LogP contribution is 2.39. The highest BCUT2D eigenvalue weighted by molar-refractivity contribution is 5.96. The van der Waals surface area contributed by atoms with Crippen molar-refractivity contribution in [2.75, 3.05) is 5.73 Å². The van der Waals surface area contributed by atoms with Gasteiger partial charge in [0.2, 0.25) is 0 Å². The Bertz CT molecular complexity index is 1350. The van der Waals surface area contributed by atoms with Gasteiger partial charge >= 0.3 is 0 Å². The number of fused-ring (bicyclic) bond motifs is 3. The monoisotopic (exact) mass is 410 g/mol. The summed E-state index contributed by atoms with van der Waals surface area (Å²) in [7, 11) is 0. The van der Waals surface area contributed by atoms with Gasteiger partial charge in [-0.05, 0) is 31.0 Å². The number of rotatable bonds is 4. The minimum atomic E-state index is 0.408. The zero-order valence-corrected chi connectivity index (χ0v) is 17.5. The molecule has 5 rings (SSSR count). The van der Waals surface area contributed by atoms with E-state index in [9.17, 15) is 5.26 Å². The molecule has 2 N–H and O–H groups in total. The van der Waals surface area contributed by atoms with Crippen molar-refractivity contribution in [3.05, 3.63) is 82.2 Å². The second-order valence-electron chi connectivity index (χ2n) is 7.77. The minimum Gasteiger partial charge on any atom is -0.489 e. The van der Waals surface area contributed by atoms with Crippen LogP contribution in [0.3, 0.4) is 0 Å². The third kappa shape index (κ3) is 3.02. The molecule has 31 heavy (non-hydrogen) atoms. The molecule has 0 fully saturated rings. The maximum atomic E-state index is 9.80. The second-order valence-corrected chi connectivity index (χ2v) is 7.77. The van der Waals surface area contributed by atoms with Crippen molar-refractivity contribution in [3.8, 4) is 17.5 Å². The molecule has 0 bridgehead atoms. The van der Waals surface area contributed by atoms with Crippen molar-refractivity contribution in [2.24, 2.45) is 0 Å². The van der Waals surface area contributed by atoms with Gasteiger partial charge in [0.05, 0.1) is 30.1 Å². The van der Waals surface area contributed by atoms with Crippen LogP contribution in [-0.2, 0) is 24.6 Å². The Balaban J connectivity index is 1.70. The lowest BCUT2D eigenvalue weighted by atomic mass is 10.1. The molecule has 0 atom stereocenters. The van der Waals surface area contributed by atoms with Gasteiger partial charge in [-0.2, -0.15) is 5.26 Å². The molecular formula is C25H22N4O2. The molecule has 0 radical (unpaired) electrons. The fourth-order valence-corrected chi connectivity index (χ4v) is 4.32. The third-order valence-electron chi connectivity index (χ3n) is 5.87. The van der Waals surface area contributed by atoms with Gasteiger partial charge in [-0.1, -0.05) is 36.4 Å². The summed E-state index contributed by atoms with van der Waals surface area (Å²) in [5, 5.41) is 10.6. The van der Waals surface area contributed by atoms with Gasteiger partial charge in [0.15, 0.2) is 0 Å². The summed E-state index contributed by atoms with van der Waals surface area (Å²) >= 11 is 0. The SMILES string of the molecule is Cc1ccc(OCc2ccccc2)c(C)c1-n1c(N)c(C#N)c2cnc3c(c21)COC3. The smallest absolute Gasteiger partial charge is 0.127 e.